The summed E-state index contributed by atoms with van der Waals surface area (Å²) in [5, 5.41) is 18.3. The smallest absolute Gasteiger partial charge is 0.0547 e. The van der Waals surface area contributed by atoms with Crippen molar-refractivity contribution in [2.75, 3.05) is 0 Å². The molecule has 0 saturated carbocycles. The van der Waals surface area contributed by atoms with E-state index in [0.717, 1.165) is 0 Å². The van der Waals surface area contributed by atoms with Crippen molar-refractivity contribution in [3.63, 3.8) is 0 Å². The predicted molar refractivity (Wildman–Crippen MR) is 269 cm³/mol. The first-order valence-corrected chi connectivity index (χ1v) is 23.2. The van der Waals surface area contributed by atoms with E-state index in [4.69, 9.17) is 0 Å². The van der Waals surface area contributed by atoms with E-state index in [9.17, 15) is 0 Å². The quantitative estimate of drug-likeness (QED) is 0.164. The summed E-state index contributed by atoms with van der Waals surface area (Å²) in [5.74, 6) is 0. The van der Waals surface area contributed by atoms with E-state index in [1.165, 1.54) is 137 Å². The van der Waals surface area contributed by atoms with Crippen LogP contribution in [-0.4, -0.2) is 9.13 Å². The molecule has 0 spiro atoms. The van der Waals surface area contributed by atoms with Gasteiger partial charge in [0.1, 0.15) is 0 Å². The van der Waals surface area contributed by atoms with Crippen LogP contribution in [0.1, 0.15) is 0 Å². The van der Waals surface area contributed by atoms with Crippen molar-refractivity contribution in [2.24, 2.45) is 0 Å². The molecule has 0 N–H and O–H groups in total. The summed E-state index contributed by atoms with van der Waals surface area (Å²) in [6, 6.07) is 68.5. The molecule has 0 aliphatic carbocycles. The second-order valence-corrected chi connectivity index (χ2v) is 19.6. The van der Waals surface area contributed by atoms with Gasteiger partial charge in [0.05, 0.1) is 22.1 Å². The van der Waals surface area contributed by atoms with Crippen LogP contribution in [0.15, 0.2) is 182 Å². The van der Waals surface area contributed by atoms with Gasteiger partial charge in [-0.15, -0.1) is 34.0 Å². The molecule has 15 aromatic rings. The highest BCUT2D eigenvalue weighted by Gasteiger charge is 2.19. The molecule has 10 aromatic carbocycles. The molecule has 0 atom stereocenters. The molecule has 15 rings (SSSR count). The third-order valence-electron chi connectivity index (χ3n) is 13.3. The van der Waals surface area contributed by atoms with Gasteiger partial charge in [0.25, 0.3) is 0 Å². The second kappa shape index (κ2) is 11.8. The Morgan fingerprint density at radius 2 is 0.656 bits per heavy atom. The first-order chi connectivity index (χ1) is 30.2. The fraction of sp³-hybridized carbons (Fsp3) is 0. The van der Waals surface area contributed by atoms with Crippen LogP contribution in [0.25, 0.3) is 137 Å². The molecule has 0 bridgehead atoms. The number of benzene rings is 10. The molecular weight excluding hydrogens is 797 g/mol. The third kappa shape index (κ3) is 4.40. The van der Waals surface area contributed by atoms with Gasteiger partial charge in [0, 0.05) is 104 Å². The number of hydrogen-bond acceptors (Lipinski definition) is 3. The molecule has 5 aromatic heterocycles. The number of rotatable bonds is 2. The Morgan fingerprint density at radius 3 is 1.15 bits per heavy atom. The molecule has 5 heterocycles. The predicted octanol–water partition coefficient (Wildman–Crippen LogP) is 17.3. The summed E-state index contributed by atoms with van der Waals surface area (Å²) >= 11 is 5.71. The summed E-state index contributed by atoms with van der Waals surface area (Å²) < 4.78 is 13.0. The van der Waals surface area contributed by atoms with Gasteiger partial charge in [-0.25, -0.2) is 0 Å². The minimum atomic E-state index is 1.19. The number of para-hydroxylation sites is 2. The lowest BCUT2D eigenvalue weighted by Gasteiger charge is -2.10. The zero-order chi connectivity index (χ0) is 39.5. The maximum absolute atomic E-state index is 2.49. The highest BCUT2D eigenvalue weighted by Crippen LogP contribution is 2.45. The maximum Gasteiger partial charge on any atom is 0.0547 e. The molecule has 282 valence electrons. The van der Waals surface area contributed by atoms with Crippen LogP contribution in [0.3, 0.4) is 0 Å². The van der Waals surface area contributed by atoms with Crippen molar-refractivity contribution < 1.29 is 0 Å². The van der Waals surface area contributed by atoms with E-state index >= 15 is 0 Å². The van der Waals surface area contributed by atoms with Crippen LogP contribution in [0.2, 0.25) is 0 Å². The fourth-order valence-corrected chi connectivity index (χ4v) is 14.2. The molecule has 61 heavy (non-hydrogen) atoms. The lowest BCUT2D eigenvalue weighted by Crippen LogP contribution is -1.93. The Bertz CT molecular complexity index is 4130. The van der Waals surface area contributed by atoms with E-state index < -0.39 is 0 Å². The van der Waals surface area contributed by atoms with Crippen LogP contribution < -0.4 is 0 Å². The van der Waals surface area contributed by atoms with Gasteiger partial charge in [0.15, 0.2) is 0 Å². The van der Waals surface area contributed by atoms with Crippen LogP contribution in [0, 0.1) is 0 Å². The standard InChI is InChI=1S/C56H30N2S3/c1-5-13-47-35(9-1)45-25-31-17-21-41-37-11-3-7-15-51(37)60-55(41)43(31)29-49(45)57(47)33-19-23-39-40-24-20-34(28-54(40)59-53(39)27-33)58-48-14-6-2-10-36(48)46-26-32-18-22-42-38-12-4-8-16-52(38)61-56(42)44(32)30-50(46)58/h1-30H. The molecule has 0 aliphatic heterocycles. The van der Waals surface area contributed by atoms with E-state index in [1.54, 1.807) is 0 Å². The second-order valence-electron chi connectivity index (χ2n) is 16.4. The number of thiophene rings is 3. The van der Waals surface area contributed by atoms with Crippen molar-refractivity contribution >= 4 is 160 Å². The molecular formula is C56H30N2S3. The molecule has 5 heteroatoms. The van der Waals surface area contributed by atoms with Gasteiger partial charge in [-0.3, -0.25) is 0 Å². The van der Waals surface area contributed by atoms with Gasteiger partial charge < -0.3 is 9.13 Å². The van der Waals surface area contributed by atoms with E-state index in [0.29, 0.717) is 0 Å². The third-order valence-corrected chi connectivity index (χ3v) is 16.8. The zero-order valence-electron chi connectivity index (χ0n) is 32.4. The van der Waals surface area contributed by atoms with Crippen LogP contribution in [-0.2, 0) is 0 Å². The fourth-order valence-electron chi connectivity index (χ4n) is 10.5. The molecule has 2 nitrogen and oxygen atoms in total. The van der Waals surface area contributed by atoms with Crippen LogP contribution >= 0.6 is 34.0 Å². The Balaban J connectivity index is 0.933. The molecule has 0 amide bonds. The molecule has 0 unspecified atom stereocenters. The average Bonchev–Trinajstić information content (AvgIpc) is 4.11. The Labute approximate surface area is 359 Å². The number of hydrogen-bond donors (Lipinski definition) is 0. The Hall–Kier alpha value is -7.02. The van der Waals surface area contributed by atoms with Crippen molar-refractivity contribution in [1.29, 1.82) is 0 Å². The Kier molecular flexibility index (Phi) is 6.36. The lowest BCUT2D eigenvalue weighted by atomic mass is 10.0. The number of fused-ring (bicyclic) bond motifs is 19. The summed E-state index contributed by atoms with van der Waals surface area (Å²) in [7, 11) is 0. The van der Waals surface area contributed by atoms with Crippen LogP contribution in [0.5, 0.6) is 0 Å². The Morgan fingerprint density at radius 1 is 0.246 bits per heavy atom. The molecule has 0 radical (unpaired) electrons. The van der Waals surface area contributed by atoms with Crippen molar-refractivity contribution in [2.45, 2.75) is 0 Å². The summed E-state index contributed by atoms with van der Waals surface area (Å²) in [6.45, 7) is 0. The summed E-state index contributed by atoms with van der Waals surface area (Å²) in [4.78, 5) is 0. The van der Waals surface area contributed by atoms with E-state index in [1.807, 2.05) is 34.0 Å². The maximum atomic E-state index is 2.49. The van der Waals surface area contributed by atoms with Gasteiger partial charge in [-0.1, -0.05) is 109 Å². The normalized spacial score (nSPS) is 12.6. The van der Waals surface area contributed by atoms with Crippen molar-refractivity contribution in [3.8, 4) is 11.4 Å². The minimum absolute atomic E-state index is 1.19. The molecule has 0 aliphatic rings. The SMILES string of the molecule is c1ccc2c(c1)sc1c3cc4c(cc3ccc21)c1ccccc1n4-c1ccc2c(c1)sc1cc(-n3c4ccccc4c4cc5ccc6c7ccccc7sc6c5cc43)ccc12. The lowest BCUT2D eigenvalue weighted by molar-refractivity contribution is 1.19. The van der Waals surface area contributed by atoms with Crippen LogP contribution in [0.4, 0.5) is 0 Å². The van der Waals surface area contributed by atoms with Gasteiger partial charge in [0.2, 0.25) is 0 Å². The summed E-state index contributed by atoms with van der Waals surface area (Å²) in [5.41, 5.74) is 7.33. The largest absolute Gasteiger partial charge is 0.309 e. The van der Waals surface area contributed by atoms with Gasteiger partial charge in [-0.05, 0) is 83.6 Å². The molecule has 0 saturated heterocycles. The van der Waals surface area contributed by atoms with Crippen molar-refractivity contribution in [1.82, 2.24) is 9.13 Å². The first kappa shape index (κ1) is 32.8. The minimum Gasteiger partial charge on any atom is -0.309 e. The van der Waals surface area contributed by atoms with E-state index in [-0.39, 0.29) is 0 Å². The monoisotopic (exact) mass is 826 g/mol. The number of nitrogens with zero attached hydrogens (tertiary/aromatic N) is 2. The first-order valence-electron chi connectivity index (χ1n) is 20.7. The summed E-state index contributed by atoms with van der Waals surface area (Å²) in [6.07, 6.45) is 0. The topological polar surface area (TPSA) is 9.86 Å². The highest BCUT2D eigenvalue weighted by atomic mass is 32.1. The number of aromatic nitrogens is 2. The average molecular weight is 827 g/mol. The zero-order valence-corrected chi connectivity index (χ0v) is 34.9. The van der Waals surface area contributed by atoms with Gasteiger partial charge >= 0.3 is 0 Å². The van der Waals surface area contributed by atoms with E-state index in [2.05, 4.69) is 191 Å². The van der Waals surface area contributed by atoms with Gasteiger partial charge in [-0.2, -0.15) is 0 Å². The van der Waals surface area contributed by atoms with Crippen molar-refractivity contribution in [3.05, 3.63) is 182 Å². The molecule has 0 fully saturated rings. The highest BCUT2D eigenvalue weighted by molar-refractivity contribution is 7.27.